The SMILES string of the molecule is COC(=O)Cc1ccc(S(=O)(=O)Nc2cc(-c3ccc(OC)cc3)ncn2)cc1. The van der Waals surface area contributed by atoms with E-state index >= 15 is 0 Å². The summed E-state index contributed by atoms with van der Waals surface area (Å²) in [4.78, 5) is 19.5. The Balaban J connectivity index is 1.78. The zero-order valence-corrected chi connectivity index (χ0v) is 16.6. The average Bonchev–Trinajstić information content (AvgIpc) is 2.74. The molecule has 0 aliphatic rings. The Labute approximate surface area is 168 Å². The van der Waals surface area contributed by atoms with Crippen molar-refractivity contribution in [3.63, 3.8) is 0 Å². The van der Waals surface area contributed by atoms with Gasteiger partial charge in [-0.15, -0.1) is 0 Å². The maximum Gasteiger partial charge on any atom is 0.309 e. The predicted octanol–water partition coefficient (Wildman–Crippen LogP) is 2.67. The van der Waals surface area contributed by atoms with E-state index in [1.165, 1.54) is 25.6 Å². The molecule has 150 valence electrons. The van der Waals surface area contributed by atoms with Crippen LogP contribution < -0.4 is 9.46 Å². The predicted molar refractivity (Wildman–Crippen MR) is 107 cm³/mol. The van der Waals surface area contributed by atoms with E-state index in [1.807, 2.05) is 12.1 Å². The van der Waals surface area contributed by atoms with E-state index < -0.39 is 16.0 Å². The molecule has 0 amide bonds. The molecule has 1 N–H and O–H groups in total. The Morgan fingerprint density at radius 3 is 2.31 bits per heavy atom. The van der Waals surface area contributed by atoms with E-state index in [0.29, 0.717) is 17.0 Å². The molecule has 8 nitrogen and oxygen atoms in total. The lowest BCUT2D eigenvalue weighted by atomic mass is 10.1. The van der Waals surface area contributed by atoms with Crippen LogP contribution >= 0.6 is 0 Å². The van der Waals surface area contributed by atoms with E-state index in [4.69, 9.17) is 4.74 Å². The fourth-order valence-electron chi connectivity index (χ4n) is 2.55. The number of methoxy groups -OCH3 is 2. The first-order valence-electron chi connectivity index (χ1n) is 8.56. The molecule has 0 aliphatic carbocycles. The number of hydrogen-bond donors (Lipinski definition) is 1. The van der Waals surface area contributed by atoms with E-state index in [0.717, 1.165) is 5.56 Å². The fraction of sp³-hybridized carbons (Fsp3) is 0.150. The Kier molecular flexibility index (Phi) is 6.08. The molecule has 0 spiro atoms. The largest absolute Gasteiger partial charge is 0.497 e. The maximum absolute atomic E-state index is 12.6. The summed E-state index contributed by atoms with van der Waals surface area (Å²) in [5.74, 6) is 0.453. The molecule has 3 aromatic rings. The number of rotatable bonds is 7. The van der Waals surface area contributed by atoms with Crippen molar-refractivity contribution in [3.05, 3.63) is 66.5 Å². The van der Waals surface area contributed by atoms with Crippen LogP contribution in [0.1, 0.15) is 5.56 Å². The fourth-order valence-corrected chi connectivity index (χ4v) is 3.55. The first-order chi connectivity index (χ1) is 13.9. The van der Waals surface area contributed by atoms with Gasteiger partial charge in [0.2, 0.25) is 0 Å². The number of esters is 1. The number of carbonyl (C=O) groups excluding carboxylic acids is 1. The highest BCUT2D eigenvalue weighted by molar-refractivity contribution is 7.92. The van der Waals surface area contributed by atoms with Gasteiger partial charge in [0.05, 0.1) is 31.2 Å². The molecule has 0 aliphatic heterocycles. The van der Waals surface area contributed by atoms with Gasteiger partial charge in [-0.3, -0.25) is 9.52 Å². The summed E-state index contributed by atoms with van der Waals surface area (Å²) in [6.45, 7) is 0. The smallest absolute Gasteiger partial charge is 0.309 e. The van der Waals surface area contributed by atoms with Crippen molar-refractivity contribution in [1.29, 1.82) is 0 Å². The van der Waals surface area contributed by atoms with Crippen LogP contribution in [0.2, 0.25) is 0 Å². The molecule has 9 heteroatoms. The Hall–Kier alpha value is -3.46. The molecule has 0 fully saturated rings. The summed E-state index contributed by atoms with van der Waals surface area (Å²) in [5, 5.41) is 0. The van der Waals surface area contributed by atoms with Crippen molar-refractivity contribution in [3.8, 4) is 17.0 Å². The van der Waals surface area contributed by atoms with Crippen molar-refractivity contribution in [2.24, 2.45) is 0 Å². The van der Waals surface area contributed by atoms with Crippen molar-refractivity contribution in [2.45, 2.75) is 11.3 Å². The van der Waals surface area contributed by atoms with Crippen molar-refractivity contribution >= 4 is 21.8 Å². The second kappa shape index (κ2) is 8.70. The number of sulfonamides is 1. The topological polar surface area (TPSA) is 107 Å². The molecule has 0 atom stereocenters. The molecular weight excluding hydrogens is 394 g/mol. The minimum atomic E-state index is -3.85. The molecule has 29 heavy (non-hydrogen) atoms. The molecule has 0 saturated carbocycles. The number of hydrogen-bond acceptors (Lipinski definition) is 7. The number of aromatic nitrogens is 2. The zero-order chi connectivity index (χ0) is 20.9. The molecule has 0 unspecified atom stereocenters. The van der Waals surface area contributed by atoms with Gasteiger partial charge >= 0.3 is 5.97 Å². The van der Waals surface area contributed by atoms with Gasteiger partial charge in [-0.2, -0.15) is 0 Å². The summed E-state index contributed by atoms with van der Waals surface area (Å²) in [5.41, 5.74) is 2.01. The van der Waals surface area contributed by atoms with E-state index in [-0.39, 0.29) is 17.1 Å². The van der Waals surface area contributed by atoms with Crippen LogP contribution in [0.4, 0.5) is 5.82 Å². The quantitative estimate of drug-likeness (QED) is 0.593. The number of ether oxygens (including phenoxy) is 2. The normalized spacial score (nSPS) is 11.0. The Morgan fingerprint density at radius 1 is 1.00 bits per heavy atom. The van der Waals surface area contributed by atoms with E-state index in [9.17, 15) is 13.2 Å². The number of nitrogens with one attached hydrogen (secondary N) is 1. The molecule has 1 heterocycles. The van der Waals surface area contributed by atoms with Gasteiger partial charge < -0.3 is 9.47 Å². The van der Waals surface area contributed by atoms with Gasteiger partial charge in [0.25, 0.3) is 10.0 Å². The second-order valence-electron chi connectivity index (χ2n) is 6.02. The van der Waals surface area contributed by atoms with E-state index in [1.54, 1.807) is 37.4 Å². The molecule has 0 saturated heterocycles. The van der Waals surface area contributed by atoms with Crippen LogP contribution in [0.15, 0.2) is 65.8 Å². The third-order valence-electron chi connectivity index (χ3n) is 4.10. The number of carbonyl (C=O) groups is 1. The summed E-state index contributed by atoms with van der Waals surface area (Å²) >= 11 is 0. The minimum Gasteiger partial charge on any atom is -0.497 e. The first-order valence-corrected chi connectivity index (χ1v) is 10.0. The van der Waals surface area contributed by atoms with Crippen LogP contribution in [-0.4, -0.2) is 38.6 Å². The van der Waals surface area contributed by atoms with Gasteiger partial charge in [-0.05, 0) is 42.0 Å². The monoisotopic (exact) mass is 413 g/mol. The third kappa shape index (κ3) is 5.08. The van der Waals surface area contributed by atoms with Gasteiger partial charge in [0.15, 0.2) is 0 Å². The van der Waals surface area contributed by atoms with Crippen molar-refractivity contribution in [1.82, 2.24) is 9.97 Å². The van der Waals surface area contributed by atoms with E-state index in [2.05, 4.69) is 19.4 Å². The molecule has 3 rings (SSSR count). The third-order valence-corrected chi connectivity index (χ3v) is 5.47. The minimum absolute atomic E-state index is 0.0516. The number of nitrogens with zero attached hydrogens (tertiary/aromatic N) is 2. The molecule has 0 bridgehead atoms. The zero-order valence-electron chi connectivity index (χ0n) is 15.8. The first kappa shape index (κ1) is 20.3. The number of benzene rings is 2. The summed E-state index contributed by atoms with van der Waals surface area (Å²) in [7, 11) is -0.974. The number of anilines is 1. The van der Waals surface area contributed by atoms with Gasteiger partial charge in [0.1, 0.15) is 17.9 Å². The highest BCUT2D eigenvalue weighted by Gasteiger charge is 2.16. The van der Waals surface area contributed by atoms with Crippen LogP contribution in [0.25, 0.3) is 11.3 Å². The van der Waals surface area contributed by atoms with Gasteiger partial charge in [-0.1, -0.05) is 12.1 Å². The van der Waals surface area contributed by atoms with Crippen LogP contribution in [-0.2, 0) is 26.0 Å². The highest BCUT2D eigenvalue weighted by Crippen LogP contribution is 2.23. The lowest BCUT2D eigenvalue weighted by Gasteiger charge is -2.09. The average molecular weight is 413 g/mol. The van der Waals surface area contributed by atoms with Crippen LogP contribution in [0.3, 0.4) is 0 Å². The summed E-state index contributed by atoms with van der Waals surface area (Å²) < 4.78 is 37.5. The van der Waals surface area contributed by atoms with Crippen molar-refractivity contribution in [2.75, 3.05) is 18.9 Å². The second-order valence-corrected chi connectivity index (χ2v) is 7.70. The lowest BCUT2D eigenvalue weighted by Crippen LogP contribution is -2.14. The Bertz CT molecular complexity index is 1100. The van der Waals surface area contributed by atoms with Crippen LogP contribution in [0, 0.1) is 0 Å². The molecule has 0 radical (unpaired) electrons. The highest BCUT2D eigenvalue weighted by atomic mass is 32.2. The lowest BCUT2D eigenvalue weighted by molar-refractivity contribution is -0.139. The Morgan fingerprint density at radius 2 is 1.69 bits per heavy atom. The summed E-state index contributed by atoms with van der Waals surface area (Å²) in [6.07, 6.45) is 1.36. The van der Waals surface area contributed by atoms with Crippen LogP contribution in [0.5, 0.6) is 5.75 Å². The molecule has 2 aromatic carbocycles. The summed E-state index contributed by atoms with van der Waals surface area (Å²) in [6, 6.07) is 14.7. The maximum atomic E-state index is 12.6. The standard InChI is InChI=1S/C20H19N3O5S/c1-27-16-7-5-15(6-8-16)18-12-19(22-13-21-18)23-29(25,26)17-9-3-14(4-10-17)11-20(24)28-2/h3-10,12-13H,11H2,1-2H3,(H,21,22,23). The van der Waals surface area contributed by atoms with Crippen molar-refractivity contribution < 1.29 is 22.7 Å². The molecular formula is C20H19N3O5S. The van der Waals surface area contributed by atoms with Gasteiger partial charge in [-0.25, -0.2) is 18.4 Å². The van der Waals surface area contributed by atoms with Gasteiger partial charge in [0, 0.05) is 11.6 Å². The molecule has 1 aromatic heterocycles.